The smallest absolute Gasteiger partial charge is 0.123 e. The van der Waals surface area contributed by atoms with Crippen LogP contribution in [0.3, 0.4) is 0 Å². The summed E-state index contributed by atoms with van der Waals surface area (Å²) in [6.07, 6.45) is 0. The normalized spacial score (nSPS) is 12.4. The van der Waals surface area contributed by atoms with Crippen LogP contribution < -0.4 is 10.1 Å². The summed E-state index contributed by atoms with van der Waals surface area (Å²) < 4.78 is 12.0. The molecule has 0 fully saturated rings. The third-order valence-electron chi connectivity index (χ3n) is 3.39. The molecule has 1 unspecified atom stereocenters. The number of rotatable bonds is 5. The molecule has 0 bridgehead atoms. The highest BCUT2D eigenvalue weighted by Crippen LogP contribution is 2.25. The van der Waals surface area contributed by atoms with Crippen molar-refractivity contribution in [3.63, 3.8) is 0 Å². The van der Waals surface area contributed by atoms with E-state index in [9.17, 15) is 0 Å². The number of ether oxygens (including phenoxy) is 1. The summed E-state index contributed by atoms with van der Waals surface area (Å²) in [7, 11) is 1.69. The molecule has 1 N–H and O–H groups in total. The standard InChI is InChI=1S/C16H20BrNO2/c1-10-7-15(12(3)20-10)11(2)18-9-13-8-14(17)5-6-16(13)19-4/h5-8,11,18H,9H2,1-4H3. The van der Waals surface area contributed by atoms with Crippen molar-refractivity contribution in [2.75, 3.05) is 7.11 Å². The van der Waals surface area contributed by atoms with Gasteiger partial charge in [-0.1, -0.05) is 15.9 Å². The van der Waals surface area contributed by atoms with Gasteiger partial charge in [-0.05, 0) is 45.0 Å². The summed E-state index contributed by atoms with van der Waals surface area (Å²) in [6.45, 7) is 6.86. The molecule has 4 heteroatoms. The lowest BCUT2D eigenvalue weighted by Crippen LogP contribution is -2.18. The molecule has 2 aromatic rings. The van der Waals surface area contributed by atoms with E-state index >= 15 is 0 Å². The predicted molar refractivity (Wildman–Crippen MR) is 84.1 cm³/mol. The maximum Gasteiger partial charge on any atom is 0.123 e. The Morgan fingerprint density at radius 2 is 2.05 bits per heavy atom. The van der Waals surface area contributed by atoms with E-state index in [0.29, 0.717) is 0 Å². The van der Waals surface area contributed by atoms with Crippen molar-refractivity contribution < 1.29 is 9.15 Å². The van der Waals surface area contributed by atoms with Crippen molar-refractivity contribution in [1.82, 2.24) is 5.32 Å². The van der Waals surface area contributed by atoms with E-state index in [0.717, 1.165) is 33.9 Å². The van der Waals surface area contributed by atoms with Crippen molar-refractivity contribution in [1.29, 1.82) is 0 Å². The van der Waals surface area contributed by atoms with Crippen molar-refractivity contribution in [2.24, 2.45) is 0 Å². The fourth-order valence-electron chi connectivity index (χ4n) is 2.34. The summed E-state index contributed by atoms with van der Waals surface area (Å²) in [6, 6.07) is 8.35. The van der Waals surface area contributed by atoms with Crippen LogP contribution in [0.2, 0.25) is 0 Å². The molecule has 0 saturated heterocycles. The Morgan fingerprint density at radius 1 is 1.30 bits per heavy atom. The molecular weight excluding hydrogens is 318 g/mol. The summed E-state index contributed by atoms with van der Waals surface area (Å²) in [5.74, 6) is 2.82. The Balaban J connectivity index is 2.08. The molecule has 0 aliphatic carbocycles. The molecule has 1 aromatic carbocycles. The van der Waals surface area contributed by atoms with Crippen LogP contribution in [-0.2, 0) is 6.54 Å². The van der Waals surface area contributed by atoms with E-state index in [1.54, 1.807) is 7.11 Å². The Labute approximate surface area is 128 Å². The van der Waals surface area contributed by atoms with E-state index in [1.165, 1.54) is 5.56 Å². The van der Waals surface area contributed by atoms with Gasteiger partial charge in [0.05, 0.1) is 7.11 Å². The highest BCUT2D eigenvalue weighted by Gasteiger charge is 2.13. The summed E-state index contributed by atoms with van der Waals surface area (Å²) in [4.78, 5) is 0. The maximum absolute atomic E-state index is 5.58. The van der Waals surface area contributed by atoms with Crippen molar-refractivity contribution in [2.45, 2.75) is 33.4 Å². The minimum absolute atomic E-state index is 0.233. The molecule has 0 aliphatic heterocycles. The first-order chi connectivity index (χ1) is 9.51. The van der Waals surface area contributed by atoms with E-state index in [2.05, 4.69) is 40.3 Å². The fraction of sp³-hybridized carbons (Fsp3) is 0.375. The number of aryl methyl sites for hydroxylation is 2. The van der Waals surface area contributed by atoms with E-state index in [1.807, 2.05) is 26.0 Å². The van der Waals surface area contributed by atoms with Gasteiger partial charge in [0.25, 0.3) is 0 Å². The summed E-state index contributed by atoms with van der Waals surface area (Å²) in [5.41, 5.74) is 2.34. The van der Waals surface area contributed by atoms with Gasteiger partial charge in [0, 0.05) is 28.2 Å². The Bertz CT molecular complexity index is 592. The second kappa shape index (κ2) is 6.46. The monoisotopic (exact) mass is 337 g/mol. The summed E-state index contributed by atoms with van der Waals surface area (Å²) >= 11 is 3.49. The van der Waals surface area contributed by atoms with Crippen molar-refractivity contribution >= 4 is 15.9 Å². The number of methoxy groups -OCH3 is 1. The second-order valence-corrected chi connectivity index (χ2v) is 5.84. The molecule has 20 heavy (non-hydrogen) atoms. The third kappa shape index (κ3) is 3.44. The van der Waals surface area contributed by atoms with Gasteiger partial charge in [0.1, 0.15) is 17.3 Å². The van der Waals surface area contributed by atoms with Crippen molar-refractivity contribution in [3.05, 3.63) is 51.4 Å². The topological polar surface area (TPSA) is 34.4 Å². The first kappa shape index (κ1) is 15.1. The molecule has 0 aliphatic rings. The van der Waals surface area contributed by atoms with Gasteiger partial charge >= 0.3 is 0 Å². The molecule has 0 spiro atoms. The van der Waals surface area contributed by atoms with Gasteiger partial charge in [0.2, 0.25) is 0 Å². The highest BCUT2D eigenvalue weighted by molar-refractivity contribution is 9.10. The molecule has 1 atom stereocenters. The minimum atomic E-state index is 0.233. The average Bonchev–Trinajstić information content (AvgIpc) is 2.75. The van der Waals surface area contributed by atoms with Crippen LogP contribution >= 0.6 is 15.9 Å². The zero-order chi connectivity index (χ0) is 14.7. The quantitative estimate of drug-likeness (QED) is 0.870. The Hall–Kier alpha value is -1.26. The molecule has 0 amide bonds. The molecule has 0 radical (unpaired) electrons. The number of hydrogen-bond acceptors (Lipinski definition) is 3. The third-order valence-corrected chi connectivity index (χ3v) is 3.88. The van der Waals surface area contributed by atoms with Gasteiger partial charge < -0.3 is 14.5 Å². The van der Waals surface area contributed by atoms with Crippen molar-refractivity contribution in [3.8, 4) is 5.75 Å². The first-order valence-electron chi connectivity index (χ1n) is 6.64. The van der Waals surface area contributed by atoms with Crippen LogP contribution in [0.1, 0.15) is 35.6 Å². The largest absolute Gasteiger partial charge is 0.496 e. The second-order valence-electron chi connectivity index (χ2n) is 4.93. The zero-order valence-corrected chi connectivity index (χ0v) is 13.9. The van der Waals surface area contributed by atoms with Crippen LogP contribution in [0.15, 0.2) is 33.2 Å². The van der Waals surface area contributed by atoms with Gasteiger partial charge in [-0.25, -0.2) is 0 Å². The van der Waals surface area contributed by atoms with Crippen LogP contribution in [0.5, 0.6) is 5.75 Å². The molecule has 108 valence electrons. The molecule has 1 heterocycles. The lowest BCUT2D eigenvalue weighted by Gasteiger charge is -2.15. The number of halogens is 1. The van der Waals surface area contributed by atoms with Gasteiger partial charge in [-0.3, -0.25) is 0 Å². The molecule has 3 nitrogen and oxygen atoms in total. The van der Waals surface area contributed by atoms with E-state index in [-0.39, 0.29) is 6.04 Å². The maximum atomic E-state index is 5.58. The lowest BCUT2D eigenvalue weighted by molar-refractivity contribution is 0.405. The number of hydrogen-bond donors (Lipinski definition) is 1. The SMILES string of the molecule is COc1ccc(Br)cc1CNC(C)c1cc(C)oc1C. The minimum Gasteiger partial charge on any atom is -0.496 e. The predicted octanol–water partition coefficient (Wildman–Crippen LogP) is 4.52. The Morgan fingerprint density at radius 3 is 2.65 bits per heavy atom. The molecular formula is C16H20BrNO2. The van der Waals surface area contributed by atoms with E-state index < -0.39 is 0 Å². The molecule has 1 aromatic heterocycles. The van der Waals surface area contributed by atoms with Crippen LogP contribution in [0.4, 0.5) is 0 Å². The fourth-order valence-corrected chi connectivity index (χ4v) is 2.75. The van der Waals surface area contributed by atoms with Crippen LogP contribution in [-0.4, -0.2) is 7.11 Å². The van der Waals surface area contributed by atoms with E-state index in [4.69, 9.17) is 9.15 Å². The number of benzene rings is 1. The lowest BCUT2D eigenvalue weighted by atomic mass is 10.1. The van der Waals surface area contributed by atoms with Gasteiger partial charge in [0.15, 0.2) is 0 Å². The van der Waals surface area contributed by atoms with Gasteiger partial charge in [-0.2, -0.15) is 0 Å². The Kier molecular flexibility index (Phi) is 4.89. The van der Waals surface area contributed by atoms with Gasteiger partial charge in [-0.15, -0.1) is 0 Å². The molecule has 0 saturated carbocycles. The number of furan rings is 1. The zero-order valence-electron chi connectivity index (χ0n) is 12.3. The highest BCUT2D eigenvalue weighted by atomic mass is 79.9. The summed E-state index contributed by atoms with van der Waals surface area (Å²) in [5, 5.41) is 3.51. The molecule has 2 rings (SSSR count). The van der Waals surface area contributed by atoms with Crippen LogP contribution in [0.25, 0.3) is 0 Å². The van der Waals surface area contributed by atoms with Crippen LogP contribution in [0, 0.1) is 13.8 Å². The average molecular weight is 338 g/mol. The number of nitrogens with one attached hydrogen (secondary N) is 1. The first-order valence-corrected chi connectivity index (χ1v) is 7.43.